The van der Waals surface area contributed by atoms with Crippen molar-refractivity contribution in [1.29, 1.82) is 10.5 Å². The fourth-order valence-electron chi connectivity index (χ4n) is 6.59. The normalized spacial score (nSPS) is 11.7. The highest BCUT2D eigenvalue weighted by Crippen LogP contribution is 2.46. The average Bonchev–Trinajstić information content (AvgIpc) is 3.73. The molecule has 198 valence electrons. The Labute approximate surface area is 254 Å². The van der Waals surface area contributed by atoms with Gasteiger partial charge in [0.1, 0.15) is 6.07 Å². The van der Waals surface area contributed by atoms with Crippen LogP contribution in [0.2, 0.25) is 0 Å². The number of para-hydroxylation sites is 1. The number of hydrogen-bond donors (Lipinski definition) is 0. The summed E-state index contributed by atoms with van der Waals surface area (Å²) in [5.74, 6) is 0. The van der Waals surface area contributed by atoms with Gasteiger partial charge in [-0.05, 0) is 59.7 Å². The highest BCUT2D eigenvalue weighted by Gasteiger charge is 2.20. The first-order chi connectivity index (χ1) is 21.2. The minimum absolute atomic E-state index is 0.630. The van der Waals surface area contributed by atoms with Crippen LogP contribution in [0, 0.1) is 22.7 Å². The Hall–Kier alpha value is -5.46. The van der Waals surface area contributed by atoms with E-state index in [1.54, 1.807) is 11.3 Å². The van der Waals surface area contributed by atoms with E-state index in [2.05, 4.69) is 108 Å². The van der Waals surface area contributed by atoms with Crippen molar-refractivity contribution in [1.82, 2.24) is 4.57 Å². The molecule has 0 saturated heterocycles. The van der Waals surface area contributed by atoms with Gasteiger partial charge in [-0.25, -0.2) is 0 Å². The summed E-state index contributed by atoms with van der Waals surface area (Å²) in [5.41, 5.74) is 6.73. The van der Waals surface area contributed by atoms with Gasteiger partial charge in [0.15, 0.2) is 0 Å². The molecule has 0 N–H and O–H groups in total. The smallest absolute Gasteiger partial charge is 0.101 e. The molecule has 0 aliphatic rings. The van der Waals surface area contributed by atoms with Crippen LogP contribution in [0.4, 0.5) is 0 Å². The Bertz CT molecular complexity index is 2710. The SMILES string of the molecule is N#Cc1ccc2c3ccccc3n(-c3cccc4c3sc3c(C#N)ccc(-c5ccc6sc7ccccc7c6c5)c34)c2c1. The summed E-state index contributed by atoms with van der Waals surface area (Å²) < 4.78 is 6.95. The highest BCUT2D eigenvalue weighted by molar-refractivity contribution is 7.26. The topological polar surface area (TPSA) is 52.5 Å². The van der Waals surface area contributed by atoms with Gasteiger partial charge in [0.2, 0.25) is 0 Å². The zero-order valence-electron chi connectivity index (χ0n) is 22.6. The number of rotatable bonds is 2. The second-order valence-electron chi connectivity index (χ2n) is 10.7. The highest BCUT2D eigenvalue weighted by atomic mass is 32.1. The molecule has 43 heavy (non-hydrogen) atoms. The lowest BCUT2D eigenvalue weighted by Gasteiger charge is -2.10. The fraction of sp³-hybridized carbons (Fsp3) is 0. The van der Waals surface area contributed by atoms with E-state index in [0.717, 1.165) is 58.8 Å². The van der Waals surface area contributed by atoms with Crippen LogP contribution in [-0.2, 0) is 0 Å². The predicted octanol–water partition coefficient (Wildman–Crippen LogP) is 10.9. The molecule has 9 rings (SSSR count). The third kappa shape index (κ3) is 3.38. The lowest BCUT2D eigenvalue weighted by atomic mass is 9.96. The standard InChI is InChI=1S/C38H19N3S2/c39-20-22-12-15-27-26-6-1-3-9-31(26)41(33(27)18-22)32-10-5-8-29-36-25(16-13-24(21-40)37(36)43-38(29)32)23-14-17-35-30(19-23)28-7-2-4-11-34(28)42-35/h1-19H. The number of benzene rings is 6. The molecule has 0 saturated carbocycles. The molecule has 0 aliphatic heterocycles. The van der Waals surface area contributed by atoms with Crippen LogP contribution in [0.3, 0.4) is 0 Å². The average molecular weight is 582 g/mol. The third-order valence-electron chi connectivity index (χ3n) is 8.48. The number of nitrogens with zero attached hydrogens (tertiary/aromatic N) is 3. The van der Waals surface area contributed by atoms with Crippen molar-refractivity contribution < 1.29 is 0 Å². The first-order valence-corrected chi connectivity index (χ1v) is 15.6. The largest absolute Gasteiger partial charge is 0.308 e. The molecule has 0 radical (unpaired) electrons. The summed E-state index contributed by atoms with van der Waals surface area (Å²) in [6.45, 7) is 0. The second-order valence-corrected chi connectivity index (χ2v) is 12.8. The first-order valence-electron chi connectivity index (χ1n) is 14.0. The van der Waals surface area contributed by atoms with E-state index in [4.69, 9.17) is 0 Å². The van der Waals surface area contributed by atoms with E-state index in [0.29, 0.717) is 11.1 Å². The zero-order chi connectivity index (χ0) is 28.7. The minimum atomic E-state index is 0.630. The maximum atomic E-state index is 10.2. The van der Waals surface area contributed by atoms with Crippen LogP contribution in [0.15, 0.2) is 115 Å². The van der Waals surface area contributed by atoms with Crippen LogP contribution in [0.1, 0.15) is 11.1 Å². The number of nitriles is 2. The van der Waals surface area contributed by atoms with Crippen molar-refractivity contribution >= 4 is 84.8 Å². The van der Waals surface area contributed by atoms with Gasteiger partial charge in [0, 0.05) is 41.7 Å². The summed E-state index contributed by atoms with van der Waals surface area (Å²) >= 11 is 3.50. The second kappa shape index (κ2) is 9.02. The van der Waals surface area contributed by atoms with Crippen LogP contribution in [0.5, 0.6) is 0 Å². The summed E-state index contributed by atoms with van der Waals surface area (Å²) in [5, 5.41) is 26.9. The molecular weight excluding hydrogens is 563 g/mol. The van der Waals surface area contributed by atoms with E-state index < -0.39 is 0 Å². The fourth-order valence-corrected chi connectivity index (χ4v) is 8.97. The summed E-state index contributed by atoms with van der Waals surface area (Å²) in [7, 11) is 0. The molecule has 0 atom stereocenters. The van der Waals surface area contributed by atoms with Gasteiger partial charge >= 0.3 is 0 Å². The number of aromatic nitrogens is 1. The maximum Gasteiger partial charge on any atom is 0.101 e. The van der Waals surface area contributed by atoms with Gasteiger partial charge in [-0.2, -0.15) is 10.5 Å². The molecule has 0 amide bonds. The van der Waals surface area contributed by atoms with Crippen molar-refractivity contribution in [2.45, 2.75) is 0 Å². The molecule has 3 heterocycles. The molecular formula is C38H19N3S2. The predicted molar refractivity (Wildman–Crippen MR) is 181 cm³/mol. The number of hydrogen-bond acceptors (Lipinski definition) is 4. The van der Waals surface area contributed by atoms with Gasteiger partial charge in [-0.3, -0.25) is 0 Å². The Kier molecular flexibility index (Phi) is 5.07. The minimum Gasteiger partial charge on any atom is -0.308 e. The van der Waals surface area contributed by atoms with Crippen LogP contribution in [-0.4, -0.2) is 4.57 Å². The Balaban J connectivity index is 1.38. The van der Waals surface area contributed by atoms with Crippen LogP contribution in [0.25, 0.3) is 79.0 Å². The van der Waals surface area contributed by atoms with Crippen molar-refractivity contribution in [2.24, 2.45) is 0 Å². The Morgan fingerprint density at radius 3 is 2.21 bits per heavy atom. The quantitative estimate of drug-likeness (QED) is 0.204. The molecule has 0 bridgehead atoms. The van der Waals surface area contributed by atoms with Crippen LogP contribution < -0.4 is 0 Å². The molecule has 0 unspecified atom stereocenters. The van der Waals surface area contributed by atoms with E-state index in [1.807, 2.05) is 35.6 Å². The molecule has 9 aromatic rings. The van der Waals surface area contributed by atoms with E-state index in [-0.39, 0.29) is 0 Å². The molecule has 0 spiro atoms. The van der Waals surface area contributed by atoms with Crippen molar-refractivity contribution in [3.05, 3.63) is 126 Å². The van der Waals surface area contributed by atoms with Crippen molar-refractivity contribution in [3.8, 4) is 29.0 Å². The zero-order valence-corrected chi connectivity index (χ0v) is 24.3. The van der Waals surface area contributed by atoms with Gasteiger partial charge in [0.05, 0.1) is 43.3 Å². The van der Waals surface area contributed by atoms with E-state index in [1.165, 1.54) is 20.2 Å². The lowest BCUT2D eigenvalue weighted by Crippen LogP contribution is -1.94. The summed E-state index contributed by atoms with van der Waals surface area (Å²) in [6, 6.07) is 44.9. The van der Waals surface area contributed by atoms with Gasteiger partial charge in [-0.1, -0.05) is 66.7 Å². The lowest BCUT2D eigenvalue weighted by molar-refractivity contribution is 1.20. The molecule has 0 aliphatic carbocycles. The molecule has 6 aromatic carbocycles. The van der Waals surface area contributed by atoms with E-state index >= 15 is 0 Å². The van der Waals surface area contributed by atoms with Gasteiger partial charge in [0.25, 0.3) is 0 Å². The van der Waals surface area contributed by atoms with E-state index in [9.17, 15) is 10.5 Å². The van der Waals surface area contributed by atoms with Crippen molar-refractivity contribution in [3.63, 3.8) is 0 Å². The number of thiophene rings is 2. The monoisotopic (exact) mass is 581 g/mol. The van der Waals surface area contributed by atoms with Gasteiger partial charge in [-0.15, -0.1) is 22.7 Å². The molecule has 0 fully saturated rings. The maximum absolute atomic E-state index is 10.2. The third-order valence-corrected chi connectivity index (χ3v) is 10.9. The van der Waals surface area contributed by atoms with Crippen molar-refractivity contribution in [2.75, 3.05) is 0 Å². The first kappa shape index (κ1) is 24.2. The van der Waals surface area contributed by atoms with Crippen LogP contribution >= 0.6 is 22.7 Å². The summed E-state index contributed by atoms with van der Waals surface area (Å²) in [4.78, 5) is 0. The Morgan fingerprint density at radius 2 is 1.33 bits per heavy atom. The molecule has 3 aromatic heterocycles. The van der Waals surface area contributed by atoms with Gasteiger partial charge < -0.3 is 4.57 Å². The summed E-state index contributed by atoms with van der Waals surface area (Å²) in [6.07, 6.45) is 0. The number of fused-ring (bicyclic) bond motifs is 9. The Morgan fingerprint density at radius 1 is 0.535 bits per heavy atom. The molecule has 3 nitrogen and oxygen atoms in total. The molecule has 5 heteroatoms.